The lowest BCUT2D eigenvalue weighted by Crippen LogP contribution is -1.98. The van der Waals surface area contributed by atoms with Crippen molar-refractivity contribution in [2.24, 2.45) is 0 Å². The normalized spacial score (nSPS) is 11.5. The van der Waals surface area contributed by atoms with Crippen molar-refractivity contribution in [3.8, 4) is 39.7 Å². The third kappa shape index (κ3) is 3.91. The molecule has 0 saturated heterocycles. The number of fused-ring (bicyclic) bond motifs is 6. The summed E-state index contributed by atoms with van der Waals surface area (Å²) >= 11 is 0. The average Bonchev–Trinajstić information content (AvgIpc) is 3.65. The highest BCUT2D eigenvalue weighted by molar-refractivity contribution is 6.10. The van der Waals surface area contributed by atoms with E-state index in [0.717, 1.165) is 33.6 Å². The lowest BCUT2D eigenvalue weighted by Gasteiger charge is -2.17. The highest BCUT2D eigenvalue weighted by Crippen LogP contribution is 2.40. The van der Waals surface area contributed by atoms with E-state index < -0.39 is 0 Å². The van der Waals surface area contributed by atoms with Crippen molar-refractivity contribution in [2.45, 2.75) is 0 Å². The van der Waals surface area contributed by atoms with Gasteiger partial charge in [-0.15, -0.1) is 0 Å². The van der Waals surface area contributed by atoms with Gasteiger partial charge in [-0.05, 0) is 71.3 Å². The van der Waals surface area contributed by atoms with Gasteiger partial charge in [-0.3, -0.25) is 0 Å². The monoisotopic (exact) mass is 585 g/mol. The molecule has 3 heteroatoms. The third-order valence-electron chi connectivity index (χ3n) is 9.17. The molecule has 0 aliphatic heterocycles. The Morgan fingerprint density at radius 2 is 0.848 bits per heavy atom. The van der Waals surface area contributed by atoms with Crippen molar-refractivity contribution in [3.05, 3.63) is 169 Å². The van der Waals surface area contributed by atoms with Gasteiger partial charge in [-0.2, -0.15) is 5.26 Å². The maximum Gasteiger partial charge on any atom is 0.0998 e. The van der Waals surface area contributed by atoms with Crippen molar-refractivity contribution >= 4 is 43.6 Å². The molecular weight excluding hydrogens is 558 g/mol. The molecule has 2 aromatic heterocycles. The summed E-state index contributed by atoms with van der Waals surface area (Å²) in [6.07, 6.45) is 0. The number of para-hydroxylation sites is 4. The number of hydrogen-bond acceptors (Lipinski definition) is 1. The largest absolute Gasteiger partial charge is 0.309 e. The van der Waals surface area contributed by atoms with E-state index in [1.807, 2.05) is 24.3 Å². The summed E-state index contributed by atoms with van der Waals surface area (Å²) in [5.41, 5.74) is 11.6. The highest BCUT2D eigenvalue weighted by atomic mass is 15.0. The summed E-state index contributed by atoms with van der Waals surface area (Å²) in [6.45, 7) is 0. The number of nitrogens with zero attached hydrogens (tertiary/aromatic N) is 3. The topological polar surface area (TPSA) is 33.6 Å². The molecule has 0 amide bonds. The van der Waals surface area contributed by atoms with Crippen LogP contribution in [-0.2, 0) is 0 Å². The van der Waals surface area contributed by atoms with E-state index in [1.54, 1.807) is 0 Å². The van der Waals surface area contributed by atoms with Crippen molar-refractivity contribution in [2.75, 3.05) is 0 Å². The predicted octanol–water partition coefficient (Wildman–Crippen LogP) is 11.1. The smallest absolute Gasteiger partial charge is 0.0998 e. The molecule has 7 aromatic carbocycles. The molecule has 214 valence electrons. The van der Waals surface area contributed by atoms with E-state index in [1.165, 1.54) is 43.6 Å². The average molecular weight is 586 g/mol. The molecule has 0 saturated carbocycles. The molecule has 0 fully saturated rings. The second-order valence-corrected chi connectivity index (χ2v) is 11.7. The summed E-state index contributed by atoms with van der Waals surface area (Å²) in [5.74, 6) is 0. The quantitative estimate of drug-likeness (QED) is 0.202. The fraction of sp³-hybridized carbons (Fsp3) is 0. The second kappa shape index (κ2) is 10.4. The number of hydrogen-bond donors (Lipinski definition) is 0. The maximum absolute atomic E-state index is 10.1. The van der Waals surface area contributed by atoms with Crippen molar-refractivity contribution < 1.29 is 0 Å². The Morgan fingerprint density at radius 3 is 1.39 bits per heavy atom. The van der Waals surface area contributed by atoms with Gasteiger partial charge >= 0.3 is 0 Å². The summed E-state index contributed by atoms with van der Waals surface area (Å²) in [5, 5.41) is 15.0. The van der Waals surface area contributed by atoms with Gasteiger partial charge in [0, 0.05) is 38.5 Å². The molecule has 0 bridgehead atoms. The first-order chi connectivity index (χ1) is 22.8. The molecule has 46 heavy (non-hydrogen) atoms. The molecule has 0 N–H and O–H groups in total. The van der Waals surface area contributed by atoms with Crippen LogP contribution in [0.5, 0.6) is 0 Å². The lowest BCUT2D eigenvalue weighted by molar-refractivity contribution is 1.17. The molecule has 9 aromatic rings. The summed E-state index contributed by atoms with van der Waals surface area (Å²) in [6, 6.07) is 60.1. The molecule has 2 heterocycles. The summed E-state index contributed by atoms with van der Waals surface area (Å²) in [4.78, 5) is 0. The molecule has 0 spiro atoms. The zero-order valence-electron chi connectivity index (χ0n) is 24.9. The van der Waals surface area contributed by atoms with Crippen LogP contribution in [0.4, 0.5) is 0 Å². The molecule has 0 atom stereocenters. The SMILES string of the molecule is N#Cc1ccccc1-c1ccc(-n2c3ccccc3c3ccccc32)cc1-c1cccc(-n2c3ccccc3c3ccccc32)c1. The van der Waals surface area contributed by atoms with Crippen LogP contribution in [0, 0.1) is 11.3 Å². The van der Waals surface area contributed by atoms with Crippen LogP contribution < -0.4 is 0 Å². The maximum atomic E-state index is 10.1. The Balaban J connectivity index is 1.33. The first kappa shape index (κ1) is 26.1. The van der Waals surface area contributed by atoms with Crippen LogP contribution in [-0.4, -0.2) is 9.13 Å². The molecule has 3 nitrogen and oxygen atoms in total. The fourth-order valence-electron chi connectivity index (χ4n) is 7.17. The van der Waals surface area contributed by atoms with Crippen molar-refractivity contribution in [1.82, 2.24) is 9.13 Å². The minimum absolute atomic E-state index is 0.659. The van der Waals surface area contributed by atoms with Gasteiger partial charge in [0.15, 0.2) is 0 Å². The van der Waals surface area contributed by atoms with Gasteiger partial charge in [0.2, 0.25) is 0 Å². The van der Waals surface area contributed by atoms with Crippen LogP contribution in [0.15, 0.2) is 164 Å². The van der Waals surface area contributed by atoms with Gasteiger partial charge in [-0.25, -0.2) is 0 Å². The van der Waals surface area contributed by atoms with Gasteiger partial charge in [0.25, 0.3) is 0 Å². The number of benzene rings is 7. The predicted molar refractivity (Wildman–Crippen MR) is 191 cm³/mol. The first-order valence-electron chi connectivity index (χ1n) is 15.5. The lowest BCUT2D eigenvalue weighted by atomic mass is 9.91. The van der Waals surface area contributed by atoms with Gasteiger partial charge in [0.1, 0.15) is 0 Å². The Labute approximate surface area is 266 Å². The Morgan fingerprint density at radius 1 is 0.370 bits per heavy atom. The minimum Gasteiger partial charge on any atom is -0.309 e. The van der Waals surface area contributed by atoms with Gasteiger partial charge in [-0.1, -0.05) is 109 Å². The molecule has 0 unspecified atom stereocenters. The zero-order valence-corrected chi connectivity index (χ0v) is 24.9. The van der Waals surface area contributed by atoms with Crippen molar-refractivity contribution in [1.29, 1.82) is 5.26 Å². The summed E-state index contributed by atoms with van der Waals surface area (Å²) < 4.78 is 4.71. The van der Waals surface area contributed by atoms with Crippen LogP contribution >= 0.6 is 0 Å². The van der Waals surface area contributed by atoms with Crippen molar-refractivity contribution in [3.63, 3.8) is 0 Å². The molecule has 0 radical (unpaired) electrons. The second-order valence-electron chi connectivity index (χ2n) is 11.7. The fourth-order valence-corrected chi connectivity index (χ4v) is 7.17. The number of rotatable bonds is 4. The van der Waals surface area contributed by atoms with E-state index in [4.69, 9.17) is 0 Å². The van der Waals surface area contributed by atoms with E-state index in [2.05, 4.69) is 155 Å². The van der Waals surface area contributed by atoms with Crippen LogP contribution in [0.3, 0.4) is 0 Å². The third-order valence-corrected chi connectivity index (χ3v) is 9.17. The van der Waals surface area contributed by atoms with Gasteiger partial charge < -0.3 is 9.13 Å². The van der Waals surface area contributed by atoms with Crippen LogP contribution in [0.1, 0.15) is 5.56 Å². The Bertz CT molecular complexity index is 2560. The van der Waals surface area contributed by atoms with Gasteiger partial charge in [0.05, 0.1) is 33.7 Å². The van der Waals surface area contributed by atoms with Crippen LogP contribution in [0.2, 0.25) is 0 Å². The molecule has 0 aliphatic rings. The van der Waals surface area contributed by atoms with E-state index >= 15 is 0 Å². The van der Waals surface area contributed by atoms with E-state index in [9.17, 15) is 5.26 Å². The number of aromatic nitrogens is 2. The Hall–Kier alpha value is -6.37. The molecule has 9 rings (SSSR count). The molecule has 0 aliphatic carbocycles. The Kier molecular flexibility index (Phi) is 5.88. The van der Waals surface area contributed by atoms with E-state index in [-0.39, 0.29) is 0 Å². The zero-order chi connectivity index (χ0) is 30.6. The first-order valence-corrected chi connectivity index (χ1v) is 15.5. The minimum atomic E-state index is 0.659. The van der Waals surface area contributed by atoms with Crippen LogP contribution in [0.25, 0.3) is 77.2 Å². The highest BCUT2D eigenvalue weighted by Gasteiger charge is 2.18. The van der Waals surface area contributed by atoms with E-state index in [0.29, 0.717) is 5.56 Å². The summed E-state index contributed by atoms with van der Waals surface area (Å²) in [7, 11) is 0. The standard InChI is InChI=1S/C43H27N3/c44-28-30-12-1-2-15-33(30)34-25-24-32(46-42-22-9-5-18-37(42)38-19-6-10-23-43(38)46)27-39(34)29-13-11-14-31(26-29)45-40-20-7-3-16-35(40)36-17-4-8-21-41(36)45/h1-27H. The molecular formula is C43H27N3. The number of nitriles is 1.